The van der Waals surface area contributed by atoms with E-state index in [9.17, 15) is 23.5 Å². The number of nitrogens with two attached hydrogens (primary N) is 1. The molecule has 0 bridgehead atoms. The molecule has 140 valence electrons. The van der Waals surface area contributed by atoms with Crippen LogP contribution in [0.15, 0.2) is 17.1 Å². The van der Waals surface area contributed by atoms with Crippen LogP contribution in [0, 0.1) is 5.92 Å². The second-order valence-electron chi connectivity index (χ2n) is 6.09. The van der Waals surface area contributed by atoms with Gasteiger partial charge in [-0.3, -0.25) is 9.36 Å². The molecule has 1 aliphatic rings. The maximum atomic E-state index is 14.1. The Kier molecular flexibility index (Phi) is 5.52. The van der Waals surface area contributed by atoms with E-state index in [-0.39, 0.29) is 11.7 Å². The molecule has 0 aliphatic carbocycles. The monoisotopic (exact) mass is 362 g/mol. The molecular weight excluding hydrogens is 342 g/mol. The van der Waals surface area contributed by atoms with Gasteiger partial charge in [0.1, 0.15) is 11.9 Å². The van der Waals surface area contributed by atoms with Crippen molar-refractivity contribution in [2.45, 2.75) is 44.2 Å². The first kappa shape index (κ1) is 19.4. The standard InChI is InChI=1S/C14H20F2N4O5/c1-6(2)9(17)11(23)18-8-3-4-20(13(24)19-8)12-14(15,16)10(22)7(5-21)25-12/h3-4,6-7,9-10,12,21-22H,5,17H2,1-2H3,(H,18,19,23,24)/t7-,9?,10-,12-/m1/s1. The normalized spacial score (nSPS) is 26.6. The zero-order chi connectivity index (χ0) is 18.9. The number of hydrogen-bond donors (Lipinski definition) is 4. The van der Waals surface area contributed by atoms with Crippen LogP contribution in [0.3, 0.4) is 0 Å². The smallest absolute Gasteiger partial charge is 0.351 e. The minimum absolute atomic E-state index is 0.150. The number of hydrogen-bond acceptors (Lipinski definition) is 7. The highest BCUT2D eigenvalue weighted by atomic mass is 19.3. The van der Waals surface area contributed by atoms with Gasteiger partial charge in [-0.25, -0.2) is 4.79 Å². The Hall–Kier alpha value is -1.95. The fourth-order valence-electron chi connectivity index (χ4n) is 2.29. The number of aliphatic hydroxyl groups excluding tert-OH is 2. The summed E-state index contributed by atoms with van der Waals surface area (Å²) < 4.78 is 33.4. The van der Waals surface area contributed by atoms with Crippen molar-refractivity contribution < 1.29 is 28.5 Å². The number of nitrogens with zero attached hydrogens (tertiary/aromatic N) is 2. The lowest BCUT2D eigenvalue weighted by molar-refractivity contribution is -0.141. The molecule has 25 heavy (non-hydrogen) atoms. The lowest BCUT2D eigenvalue weighted by Gasteiger charge is -2.21. The highest BCUT2D eigenvalue weighted by molar-refractivity contribution is 5.93. The second-order valence-corrected chi connectivity index (χ2v) is 6.09. The largest absolute Gasteiger partial charge is 0.394 e. The quantitative estimate of drug-likeness (QED) is 0.529. The van der Waals surface area contributed by atoms with E-state index < -0.39 is 48.6 Å². The van der Waals surface area contributed by atoms with Crippen molar-refractivity contribution in [1.29, 1.82) is 0 Å². The van der Waals surface area contributed by atoms with Crippen LogP contribution < -0.4 is 16.7 Å². The van der Waals surface area contributed by atoms with Crippen LogP contribution in [0.4, 0.5) is 14.6 Å². The number of aliphatic hydroxyl groups is 2. The number of carbonyl (C=O) groups is 1. The summed E-state index contributed by atoms with van der Waals surface area (Å²) in [5.74, 6) is -4.67. The topological polar surface area (TPSA) is 140 Å². The molecule has 2 heterocycles. The summed E-state index contributed by atoms with van der Waals surface area (Å²) in [6.45, 7) is 2.63. The number of amides is 1. The molecule has 0 spiro atoms. The summed E-state index contributed by atoms with van der Waals surface area (Å²) in [5.41, 5.74) is 4.54. The lowest BCUT2D eigenvalue weighted by atomic mass is 10.1. The third kappa shape index (κ3) is 3.68. The van der Waals surface area contributed by atoms with Crippen molar-refractivity contribution in [3.8, 4) is 0 Å². The maximum Gasteiger partial charge on any atom is 0.351 e. The molecule has 1 saturated heterocycles. The highest BCUT2D eigenvalue weighted by Gasteiger charge is 2.59. The van der Waals surface area contributed by atoms with Gasteiger partial charge >= 0.3 is 11.6 Å². The zero-order valence-corrected chi connectivity index (χ0v) is 13.6. The Morgan fingerprint density at radius 3 is 2.68 bits per heavy atom. The molecule has 5 N–H and O–H groups in total. The molecule has 11 heteroatoms. The number of carbonyl (C=O) groups excluding carboxylic acids is 1. The van der Waals surface area contributed by atoms with Gasteiger partial charge < -0.3 is 26.0 Å². The Labute approximate surface area is 141 Å². The number of ether oxygens (including phenoxy) is 1. The third-order valence-corrected chi connectivity index (χ3v) is 3.91. The SMILES string of the molecule is CC(C)C(N)C(=O)Nc1ccn([C@@H]2O[C@H](CO)[C@@H](O)C2(F)F)c(=O)n1. The van der Waals surface area contributed by atoms with Gasteiger partial charge in [0.25, 0.3) is 0 Å². The molecule has 1 aromatic rings. The summed E-state index contributed by atoms with van der Waals surface area (Å²) in [7, 11) is 0. The molecule has 0 aromatic carbocycles. The van der Waals surface area contributed by atoms with Crippen LogP contribution >= 0.6 is 0 Å². The molecule has 1 aromatic heterocycles. The number of halogens is 2. The van der Waals surface area contributed by atoms with Crippen molar-refractivity contribution in [2.75, 3.05) is 11.9 Å². The summed E-state index contributed by atoms with van der Waals surface area (Å²) >= 11 is 0. The van der Waals surface area contributed by atoms with Gasteiger partial charge in [0.05, 0.1) is 12.6 Å². The molecule has 4 atom stereocenters. The maximum absolute atomic E-state index is 14.1. The number of nitrogens with one attached hydrogen (secondary N) is 1. The predicted octanol–water partition coefficient (Wildman–Crippen LogP) is -0.949. The molecule has 1 aliphatic heterocycles. The van der Waals surface area contributed by atoms with Crippen LogP contribution in [-0.4, -0.2) is 56.5 Å². The molecule has 9 nitrogen and oxygen atoms in total. The van der Waals surface area contributed by atoms with Gasteiger partial charge in [-0.2, -0.15) is 13.8 Å². The Balaban J connectivity index is 2.23. The predicted molar refractivity (Wildman–Crippen MR) is 81.9 cm³/mol. The minimum Gasteiger partial charge on any atom is -0.394 e. The van der Waals surface area contributed by atoms with E-state index in [2.05, 4.69) is 10.3 Å². The fourth-order valence-corrected chi connectivity index (χ4v) is 2.29. The lowest BCUT2D eigenvalue weighted by Crippen LogP contribution is -2.42. The van der Waals surface area contributed by atoms with Crippen molar-refractivity contribution in [2.24, 2.45) is 11.7 Å². The van der Waals surface area contributed by atoms with Crippen molar-refractivity contribution in [1.82, 2.24) is 9.55 Å². The number of alkyl halides is 2. The van der Waals surface area contributed by atoms with Crippen LogP contribution in [0.5, 0.6) is 0 Å². The van der Waals surface area contributed by atoms with Gasteiger partial charge in [-0.1, -0.05) is 13.8 Å². The summed E-state index contributed by atoms with van der Waals surface area (Å²) in [6.07, 6.45) is -4.97. The van der Waals surface area contributed by atoms with E-state index in [0.29, 0.717) is 4.57 Å². The first-order valence-corrected chi connectivity index (χ1v) is 7.57. The van der Waals surface area contributed by atoms with Crippen LogP contribution in [0.2, 0.25) is 0 Å². The van der Waals surface area contributed by atoms with Gasteiger partial charge in [-0.15, -0.1) is 0 Å². The van der Waals surface area contributed by atoms with E-state index in [4.69, 9.17) is 15.6 Å². The van der Waals surface area contributed by atoms with Gasteiger partial charge in [-0.05, 0) is 12.0 Å². The molecule has 2 rings (SSSR count). The molecule has 0 saturated carbocycles. The molecular formula is C14H20F2N4O5. The fraction of sp³-hybridized carbons (Fsp3) is 0.643. The summed E-state index contributed by atoms with van der Waals surface area (Å²) in [5, 5.41) is 20.8. The van der Waals surface area contributed by atoms with Crippen molar-refractivity contribution in [3.05, 3.63) is 22.7 Å². The highest BCUT2D eigenvalue weighted by Crippen LogP contribution is 2.41. The Morgan fingerprint density at radius 1 is 1.56 bits per heavy atom. The minimum atomic E-state index is -3.80. The Morgan fingerprint density at radius 2 is 2.20 bits per heavy atom. The van der Waals surface area contributed by atoms with Crippen molar-refractivity contribution in [3.63, 3.8) is 0 Å². The number of anilines is 1. The van der Waals surface area contributed by atoms with Crippen LogP contribution in [-0.2, 0) is 9.53 Å². The summed E-state index contributed by atoms with van der Waals surface area (Å²) in [4.78, 5) is 27.4. The average Bonchev–Trinajstić information content (AvgIpc) is 2.77. The van der Waals surface area contributed by atoms with Crippen molar-refractivity contribution >= 4 is 11.7 Å². The molecule has 1 fully saturated rings. The first-order chi connectivity index (χ1) is 11.6. The second kappa shape index (κ2) is 7.12. The van der Waals surface area contributed by atoms with Gasteiger partial charge in [0.2, 0.25) is 12.1 Å². The van der Waals surface area contributed by atoms with E-state index in [0.717, 1.165) is 12.3 Å². The number of aromatic nitrogens is 2. The zero-order valence-electron chi connectivity index (χ0n) is 13.6. The molecule has 0 radical (unpaired) electrons. The van der Waals surface area contributed by atoms with E-state index in [1.807, 2.05) is 0 Å². The van der Waals surface area contributed by atoms with Crippen LogP contribution in [0.25, 0.3) is 0 Å². The van der Waals surface area contributed by atoms with E-state index in [1.54, 1.807) is 13.8 Å². The van der Waals surface area contributed by atoms with Gasteiger partial charge in [0, 0.05) is 6.20 Å². The average molecular weight is 362 g/mol. The van der Waals surface area contributed by atoms with Gasteiger partial charge in [0.15, 0.2) is 6.10 Å². The Bertz CT molecular complexity index is 696. The van der Waals surface area contributed by atoms with Crippen LogP contribution in [0.1, 0.15) is 20.1 Å². The first-order valence-electron chi connectivity index (χ1n) is 7.57. The third-order valence-electron chi connectivity index (χ3n) is 3.91. The van der Waals surface area contributed by atoms with E-state index >= 15 is 0 Å². The molecule has 1 unspecified atom stereocenters. The number of rotatable bonds is 5. The molecule has 1 amide bonds. The summed E-state index contributed by atoms with van der Waals surface area (Å²) in [6, 6.07) is 0.303. The van der Waals surface area contributed by atoms with E-state index in [1.165, 1.54) is 0 Å².